The highest BCUT2D eigenvalue weighted by atomic mass is 16.5. The molecule has 0 aromatic heterocycles. The number of benzene rings is 2. The SMILES string of the molecule is CCC(Nc1cccc2c(O)cccc12)C(=O)OC. The fourth-order valence-corrected chi connectivity index (χ4v) is 2.08. The number of hydrogen-bond acceptors (Lipinski definition) is 4. The number of phenols is 1. The zero-order chi connectivity index (χ0) is 13.8. The average molecular weight is 259 g/mol. The van der Waals surface area contributed by atoms with Gasteiger partial charge in [-0.15, -0.1) is 0 Å². The fourth-order valence-electron chi connectivity index (χ4n) is 2.08. The Bertz CT molecular complexity index is 595. The van der Waals surface area contributed by atoms with Gasteiger partial charge in [-0.05, 0) is 18.6 Å². The minimum absolute atomic E-state index is 0.229. The van der Waals surface area contributed by atoms with Crippen LogP contribution in [0.2, 0.25) is 0 Å². The molecule has 0 amide bonds. The number of phenolic OH excluding ortho intramolecular Hbond substituents is 1. The number of aromatic hydroxyl groups is 1. The molecule has 0 aliphatic heterocycles. The Kier molecular flexibility index (Phi) is 3.90. The van der Waals surface area contributed by atoms with Crippen LogP contribution in [0.1, 0.15) is 13.3 Å². The third-order valence-corrected chi connectivity index (χ3v) is 3.12. The summed E-state index contributed by atoms with van der Waals surface area (Å²) in [5.74, 6) is -0.0630. The number of anilines is 1. The van der Waals surface area contributed by atoms with E-state index < -0.39 is 6.04 Å². The van der Waals surface area contributed by atoms with Crippen LogP contribution < -0.4 is 5.32 Å². The van der Waals surface area contributed by atoms with Crippen LogP contribution in [-0.2, 0) is 9.53 Å². The second-order valence-electron chi connectivity index (χ2n) is 4.31. The summed E-state index contributed by atoms with van der Waals surface area (Å²) in [5.41, 5.74) is 0.811. The summed E-state index contributed by atoms with van der Waals surface area (Å²) in [6.07, 6.45) is 0.627. The largest absolute Gasteiger partial charge is 0.507 e. The molecule has 0 heterocycles. The normalized spacial score (nSPS) is 12.1. The van der Waals surface area contributed by atoms with E-state index in [0.29, 0.717) is 6.42 Å². The molecule has 2 aromatic carbocycles. The highest BCUT2D eigenvalue weighted by molar-refractivity contribution is 5.98. The third kappa shape index (κ3) is 2.62. The Morgan fingerprint density at radius 2 is 1.95 bits per heavy atom. The van der Waals surface area contributed by atoms with Gasteiger partial charge in [0.25, 0.3) is 0 Å². The van der Waals surface area contributed by atoms with Crippen molar-refractivity contribution in [2.24, 2.45) is 0 Å². The van der Waals surface area contributed by atoms with Gasteiger partial charge in [0.2, 0.25) is 0 Å². The molecule has 19 heavy (non-hydrogen) atoms. The van der Waals surface area contributed by atoms with Crippen LogP contribution in [0.25, 0.3) is 10.8 Å². The second kappa shape index (κ2) is 5.61. The molecular weight excluding hydrogens is 242 g/mol. The number of fused-ring (bicyclic) bond motifs is 1. The van der Waals surface area contributed by atoms with Crippen LogP contribution in [-0.4, -0.2) is 24.2 Å². The van der Waals surface area contributed by atoms with Gasteiger partial charge in [0.05, 0.1) is 7.11 Å². The molecule has 2 rings (SSSR count). The Morgan fingerprint density at radius 1 is 1.26 bits per heavy atom. The smallest absolute Gasteiger partial charge is 0.328 e. The number of hydrogen-bond donors (Lipinski definition) is 2. The minimum atomic E-state index is -0.391. The Morgan fingerprint density at radius 3 is 2.63 bits per heavy atom. The zero-order valence-electron chi connectivity index (χ0n) is 11.0. The molecule has 100 valence electrons. The van der Waals surface area contributed by atoms with Gasteiger partial charge in [-0.1, -0.05) is 31.2 Å². The minimum Gasteiger partial charge on any atom is -0.507 e. The predicted octanol–water partition coefficient (Wildman–Crippen LogP) is 2.91. The maximum absolute atomic E-state index is 11.6. The Hall–Kier alpha value is -2.23. The van der Waals surface area contributed by atoms with Crippen molar-refractivity contribution in [2.75, 3.05) is 12.4 Å². The molecular formula is C15H17NO3. The lowest BCUT2D eigenvalue weighted by molar-refractivity contribution is -0.141. The summed E-state index contributed by atoms with van der Waals surface area (Å²) in [6.45, 7) is 1.91. The molecule has 0 bridgehead atoms. The number of ether oxygens (including phenoxy) is 1. The van der Waals surface area contributed by atoms with E-state index in [1.807, 2.05) is 31.2 Å². The van der Waals surface area contributed by atoms with E-state index in [2.05, 4.69) is 5.32 Å². The first kappa shape index (κ1) is 13.2. The molecule has 0 aliphatic carbocycles. The molecule has 2 N–H and O–H groups in total. The summed E-state index contributed by atoms with van der Waals surface area (Å²) < 4.78 is 4.76. The number of esters is 1. The van der Waals surface area contributed by atoms with Gasteiger partial charge in [0, 0.05) is 16.5 Å². The summed E-state index contributed by atoms with van der Waals surface area (Å²) in [5, 5.41) is 14.6. The highest BCUT2D eigenvalue weighted by Crippen LogP contribution is 2.30. The van der Waals surface area contributed by atoms with Gasteiger partial charge in [0.1, 0.15) is 11.8 Å². The quantitative estimate of drug-likeness (QED) is 0.829. The van der Waals surface area contributed by atoms with Crippen molar-refractivity contribution in [1.82, 2.24) is 0 Å². The lowest BCUT2D eigenvalue weighted by Gasteiger charge is -2.17. The van der Waals surface area contributed by atoms with Crippen molar-refractivity contribution < 1.29 is 14.6 Å². The van der Waals surface area contributed by atoms with Crippen molar-refractivity contribution in [3.05, 3.63) is 36.4 Å². The maximum atomic E-state index is 11.6. The molecule has 0 aliphatic rings. The summed E-state index contributed by atoms with van der Waals surface area (Å²) in [6, 6.07) is 10.5. The van der Waals surface area contributed by atoms with E-state index in [1.165, 1.54) is 7.11 Å². The van der Waals surface area contributed by atoms with Crippen molar-refractivity contribution in [2.45, 2.75) is 19.4 Å². The maximum Gasteiger partial charge on any atom is 0.328 e. The van der Waals surface area contributed by atoms with Gasteiger partial charge < -0.3 is 15.2 Å². The first-order valence-electron chi connectivity index (χ1n) is 6.22. The van der Waals surface area contributed by atoms with Crippen molar-refractivity contribution in [3.8, 4) is 5.75 Å². The number of rotatable bonds is 4. The first-order chi connectivity index (χ1) is 9.17. The molecule has 2 aromatic rings. The van der Waals surface area contributed by atoms with Crippen LogP contribution in [0.15, 0.2) is 36.4 Å². The lowest BCUT2D eigenvalue weighted by Crippen LogP contribution is -2.29. The molecule has 0 radical (unpaired) electrons. The van der Waals surface area contributed by atoms with Crippen LogP contribution in [0.5, 0.6) is 5.75 Å². The highest BCUT2D eigenvalue weighted by Gasteiger charge is 2.17. The lowest BCUT2D eigenvalue weighted by atomic mass is 10.1. The first-order valence-corrected chi connectivity index (χ1v) is 6.22. The molecule has 0 spiro atoms. The summed E-state index contributed by atoms with van der Waals surface area (Å²) >= 11 is 0. The predicted molar refractivity (Wildman–Crippen MR) is 75.3 cm³/mol. The van der Waals surface area contributed by atoms with E-state index in [1.54, 1.807) is 12.1 Å². The van der Waals surface area contributed by atoms with Gasteiger partial charge >= 0.3 is 5.97 Å². The second-order valence-corrected chi connectivity index (χ2v) is 4.31. The van der Waals surface area contributed by atoms with Gasteiger partial charge in [0.15, 0.2) is 0 Å². The standard InChI is InChI=1S/C15H17NO3/c1-3-12(15(18)19-2)16-13-8-4-7-11-10(13)6-5-9-14(11)17/h4-9,12,16-17H,3H2,1-2H3. The third-order valence-electron chi connectivity index (χ3n) is 3.12. The molecule has 4 heteroatoms. The van der Waals surface area contributed by atoms with Crippen LogP contribution in [0.4, 0.5) is 5.69 Å². The molecule has 0 fully saturated rings. The monoisotopic (exact) mass is 259 g/mol. The molecule has 0 saturated carbocycles. The Balaban J connectivity index is 2.40. The van der Waals surface area contributed by atoms with Crippen molar-refractivity contribution >= 4 is 22.4 Å². The van der Waals surface area contributed by atoms with Crippen molar-refractivity contribution in [3.63, 3.8) is 0 Å². The number of carbonyl (C=O) groups excluding carboxylic acids is 1. The summed E-state index contributed by atoms with van der Waals surface area (Å²) in [7, 11) is 1.38. The van der Waals surface area contributed by atoms with E-state index in [0.717, 1.165) is 16.5 Å². The number of methoxy groups -OCH3 is 1. The molecule has 1 atom stereocenters. The molecule has 0 saturated heterocycles. The fraction of sp³-hybridized carbons (Fsp3) is 0.267. The molecule has 1 unspecified atom stereocenters. The topological polar surface area (TPSA) is 58.6 Å². The number of carbonyl (C=O) groups is 1. The van der Waals surface area contributed by atoms with Crippen LogP contribution in [0.3, 0.4) is 0 Å². The molecule has 4 nitrogen and oxygen atoms in total. The zero-order valence-corrected chi connectivity index (χ0v) is 11.0. The van der Waals surface area contributed by atoms with Gasteiger partial charge in [-0.3, -0.25) is 0 Å². The van der Waals surface area contributed by atoms with Gasteiger partial charge in [-0.25, -0.2) is 4.79 Å². The van der Waals surface area contributed by atoms with Crippen LogP contribution in [0, 0.1) is 0 Å². The average Bonchev–Trinajstić information content (AvgIpc) is 2.44. The van der Waals surface area contributed by atoms with Crippen LogP contribution >= 0.6 is 0 Å². The summed E-state index contributed by atoms with van der Waals surface area (Å²) in [4.78, 5) is 11.6. The van der Waals surface area contributed by atoms with E-state index in [9.17, 15) is 9.90 Å². The van der Waals surface area contributed by atoms with E-state index in [-0.39, 0.29) is 11.7 Å². The van der Waals surface area contributed by atoms with Crippen molar-refractivity contribution in [1.29, 1.82) is 0 Å². The number of nitrogens with one attached hydrogen (secondary N) is 1. The Labute approximate surface area is 112 Å². The van der Waals surface area contributed by atoms with Gasteiger partial charge in [-0.2, -0.15) is 0 Å². The van der Waals surface area contributed by atoms with E-state index >= 15 is 0 Å². The van der Waals surface area contributed by atoms with E-state index in [4.69, 9.17) is 4.74 Å².